The third-order valence-electron chi connectivity index (χ3n) is 3.75. The topological polar surface area (TPSA) is 61.2 Å². The van der Waals surface area contributed by atoms with Crippen molar-refractivity contribution in [2.45, 2.75) is 44.9 Å². The fraction of sp³-hybridized carbons (Fsp3) is 0.750. The number of hydrogen-bond donors (Lipinski definition) is 0. The number of nitrogens with zero attached hydrogens (tertiary/aromatic N) is 2. The van der Waals surface area contributed by atoms with Gasteiger partial charge in [-0.15, -0.1) is 0 Å². The van der Waals surface area contributed by atoms with Crippen molar-refractivity contribution in [3.05, 3.63) is 0 Å². The number of nitriles is 1. The van der Waals surface area contributed by atoms with Gasteiger partial charge in [0.1, 0.15) is 0 Å². The van der Waals surface area contributed by atoms with Crippen LogP contribution >= 0.6 is 0 Å². The average Bonchev–Trinajstić information content (AvgIpc) is 2.50. The van der Waals surface area contributed by atoms with Crippen molar-refractivity contribution < 1.29 is 9.59 Å². The predicted octanol–water partition coefficient (Wildman–Crippen LogP) is 1.61. The third-order valence-corrected chi connectivity index (χ3v) is 3.75. The van der Waals surface area contributed by atoms with Crippen molar-refractivity contribution in [3.8, 4) is 6.07 Å². The molecule has 0 N–H and O–H groups in total. The molecule has 1 aliphatic heterocycles. The van der Waals surface area contributed by atoms with E-state index in [1.807, 2.05) is 6.07 Å². The van der Waals surface area contributed by atoms with E-state index in [2.05, 4.69) is 0 Å². The van der Waals surface area contributed by atoms with E-state index in [4.69, 9.17) is 5.26 Å². The first kappa shape index (κ1) is 11.1. The first-order valence-electron chi connectivity index (χ1n) is 5.91. The zero-order valence-electron chi connectivity index (χ0n) is 9.37. The number of carbonyl (C=O) groups is 2. The quantitative estimate of drug-likeness (QED) is 0.664. The van der Waals surface area contributed by atoms with Crippen molar-refractivity contribution >= 4 is 11.8 Å². The van der Waals surface area contributed by atoms with Crippen molar-refractivity contribution in [2.75, 3.05) is 6.54 Å². The van der Waals surface area contributed by atoms with Gasteiger partial charge >= 0.3 is 0 Å². The Labute approximate surface area is 95.2 Å². The number of rotatable bonds is 2. The van der Waals surface area contributed by atoms with E-state index in [0.29, 0.717) is 6.42 Å². The lowest BCUT2D eigenvalue weighted by Crippen LogP contribution is -2.37. The van der Waals surface area contributed by atoms with Crippen LogP contribution in [0.1, 0.15) is 44.9 Å². The molecule has 1 saturated carbocycles. The van der Waals surface area contributed by atoms with Gasteiger partial charge in [0.05, 0.1) is 17.9 Å². The van der Waals surface area contributed by atoms with E-state index >= 15 is 0 Å². The van der Waals surface area contributed by atoms with Gasteiger partial charge in [-0.25, -0.2) is 0 Å². The molecule has 4 nitrogen and oxygen atoms in total. The van der Waals surface area contributed by atoms with E-state index in [0.717, 1.165) is 25.7 Å². The van der Waals surface area contributed by atoms with Gasteiger partial charge in [-0.1, -0.05) is 19.3 Å². The molecule has 2 amide bonds. The van der Waals surface area contributed by atoms with E-state index in [9.17, 15) is 9.59 Å². The van der Waals surface area contributed by atoms with Crippen LogP contribution < -0.4 is 0 Å². The van der Waals surface area contributed by atoms with Crippen LogP contribution in [0.5, 0.6) is 0 Å². The molecule has 0 bridgehead atoms. The second kappa shape index (κ2) is 4.25. The van der Waals surface area contributed by atoms with Crippen LogP contribution in [0.3, 0.4) is 0 Å². The SMILES string of the molecule is N#CCCN1C(=O)CC2(CCCCC2)C1=O. The van der Waals surface area contributed by atoms with Gasteiger partial charge in [0.2, 0.25) is 11.8 Å². The number of likely N-dealkylation sites (tertiary alicyclic amines) is 1. The average molecular weight is 220 g/mol. The van der Waals surface area contributed by atoms with Gasteiger partial charge in [-0.3, -0.25) is 14.5 Å². The smallest absolute Gasteiger partial charge is 0.235 e. The highest BCUT2D eigenvalue weighted by Crippen LogP contribution is 2.45. The molecule has 16 heavy (non-hydrogen) atoms. The molecule has 0 unspecified atom stereocenters. The monoisotopic (exact) mass is 220 g/mol. The highest BCUT2D eigenvalue weighted by Gasteiger charge is 2.51. The van der Waals surface area contributed by atoms with Gasteiger partial charge in [-0.05, 0) is 12.8 Å². The summed E-state index contributed by atoms with van der Waals surface area (Å²) in [5.74, 6) is -0.102. The number of imide groups is 1. The molecule has 0 aromatic heterocycles. The third kappa shape index (κ3) is 1.71. The molecule has 1 saturated heterocycles. The molecule has 1 spiro atoms. The first-order chi connectivity index (χ1) is 7.69. The number of amides is 2. The summed E-state index contributed by atoms with van der Waals surface area (Å²) >= 11 is 0. The van der Waals surface area contributed by atoms with Gasteiger partial charge in [0, 0.05) is 13.0 Å². The van der Waals surface area contributed by atoms with Crippen LogP contribution in [0.2, 0.25) is 0 Å². The normalized spacial score (nSPS) is 23.8. The zero-order valence-corrected chi connectivity index (χ0v) is 9.37. The van der Waals surface area contributed by atoms with Crippen molar-refractivity contribution in [2.24, 2.45) is 5.41 Å². The number of carbonyl (C=O) groups excluding carboxylic acids is 2. The van der Waals surface area contributed by atoms with Gasteiger partial charge in [-0.2, -0.15) is 5.26 Å². The Morgan fingerprint density at radius 3 is 2.56 bits per heavy atom. The highest BCUT2D eigenvalue weighted by molar-refractivity contribution is 6.05. The minimum absolute atomic E-state index is 0.0209. The second-order valence-electron chi connectivity index (χ2n) is 4.78. The maximum Gasteiger partial charge on any atom is 0.235 e. The fourth-order valence-corrected chi connectivity index (χ4v) is 2.87. The van der Waals surface area contributed by atoms with Crippen LogP contribution in [0, 0.1) is 16.7 Å². The first-order valence-corrected chi connectivity index (χ1v) is 5.91. The molecule has 0 aromatic rings. The zero-order chi connectivity index (χ0) is 11.6. The van der Waals surface area contributed by atoms with E-state index < -0.39 is 5.41 Å². The summed E-state index contributed by atoms with van der Waals surface area (Å²) in [4.78, 5) is 25.3. The van der Waals surface area contributed by atoms with Gasteiger partial charge in [0.15, 0.2) is 0 Å². The Hall–Kier alpha value is -1.37. The highest BCUT2D eigenvalue weighted by atomic mass is 16.2. The molecule has 2 rings (SSSR count). The Bertz CT molecular complexity index is 351. The molecule has 0 atom stereocenters. The lowest BCUT2D eigenvalue weighted by atomic mass is 9.73. The van der Waals surface area contributed by atoms with Gasteiger partial charge in [0.25, 0.3) is 0 Å². The largest absolute Gasteiger partial charge is 0.281 e. The fourth-order valence-electron chi connectivity index (χ4n) is 2.87. The molecule has 1 aliphatic carbocycles. The summed E-state index contributed by atoms with van der Waals surface area (Å²) in [6, 6.07) is 1.98. The maximum absolute atomic E-state index is 12.2. The van der Waals surface area contributed by atoms with Gasteiger partial charge < -0.3 is 0 Å². The Morgan fingerprint density at radius 2 is 1.94 bits per heavy atom. The van der Waals surface area contributed by atoms with Crippen LogP contribution in [0.4, 0.5) is 0 Å². The summed E-state index contributed by atoms with van der Waals surface area (Å²) in [7, 11) is 0. The Kier molecular flexibility index (Phi) is 2.95. The molecular weight excluding hydrogens is 204 g/mol. The molecule has 0 aromatic carbocycles. The van der Waals surface area contributed by atoms with Crippen LogP contribution in [-0.2, 0) is 9.59 Å². The standard InChI is InChI=1S/C12H16N2O2/c13-7-4-8-14-10(15)9-12(11(14)16)5-2-1-3-6-12/h1-6,8-9H2. The molecular formula is C12H16N2O2. The molecule has 2 fully saturated rings. The maximum atomic E-state index is 12.2. The lowest BCUT2D eigenvalue weighted by Gasteiger charge is -2.30. The summed E-state index contributed by atoms with van der Waals surface area (Å²) in [5.41, 5.74) is -0.398. The molecule has 2 aliphatic rings. The second-order valence-corrected chi connectivity index (χ2v) is 4.78. The lowest BCUT2D eigenvalue weighted by molar-refractivity contribution is -0.142. The Morgan fingerprint density at radius 1 is 1.25 bits per heavy atom. The molecule has 0 radical (unpaired) electrons. The number of hydrogen-bond acceptors (Lipinski definition) is 3. The molecule has 1 heterocycles. The van der Waals surface area contributed by atoms with E-state index in [-0.39, 0.29) is 24.8 Å². The Balaban J connectivity index is 2.12. The minimum atomic E-state index is -0.398. The molecule has 86 valence electrons. The summed E-state index contributed by atoms with van der Waals surface area (Å²) in [6.07, 6.45) is 5.57. The van der Waals surface area contributed by atoms with Crippen molar-refractivity contribution in [3.63, 3.8) is 0 Å². The van der Waals surface area contributed by atoms with Crippen molar-refractivity contribution in [1.29, 1.82) is 5.26 Å². The predicted molar refractivity (Wildman–Crippen MR) is 57.1 cm³/mol. The van der Waals surface area contributed by atoms with Crippen LogP contribution in [-0.4, -0.2) is 23.3 Å². The van der Waals surface area contributed by atoms with Crippen molar-refractivity contribution in [1.82, 2.24) is 4.90 Å². The minimum Gasteiger partial charge on any atom is -0.281 e. The van der Waals surface area contributed by atoms with Crippen LogP contribution in [0.25, 0.3) is 0 Å². The molecule has 4 heteroatoms. The van der Waals surface area contributed by atoms with Crippen LogP contribution in [0.15, 0.2) is 0 Å². The summed E-state index contributed by atoms with van der Waals surface area (Å²) in [5, 5.41) is 8.50. The van der Waals surface area contributed by atoms with E-state index in [1.54, 1.807) is 0 Å². The summed E-state index contributed by atoms with van der Waals surface area (Å²) < 4.78 is 0. The summed E-state index contributed by atoms with van der Waals surface area (Å²) in [6.45, 7) is 0.274. The van der Waals surface area contributed by atoms with E-state index in [1.165, 1.54) is 11.3 Å².